The first-order chi connectivity index (χ1) is 10.8. The number of azo groups is 1. The van der Waals surface area contributed by atoms with E-state index in [1.165, 1.54) is 0 Å². The summed E-state index contributed by atoms with van der Waals surface area (Å²) in [5.74, 6) is 0.886. The minimum Gasteiger partial charge on any atom is -0.461 e. The molecule has 0 amide bonds. The van der Waals surface area contributed by atoms with E-state index in [1.807, 2.05) is 54.6 Å². The molecule has 2 N–H and O–H groups in total. The number of hydrogen-bond donors (Lipinski definition) is 1. The maximum atomic E-state index is 5.86. The molecule has 0 atom stereocenters. The van der Waals surface area contributed by atoms with Gasteiger partial charge < -0.3 is 10.2 Å². The van der Waals surface area contributed by atoms with E-state index in [9.17, 15) is 0 Å². The fourth-order valence-electron chi connectivity index (χ4n) is 1.82. The van der Waals surface area contributed by atoms with Gasteiger partial charge in [0.2, 0.25) is 0 Å². The molecule has 1 aromatic heterocycles. The van der Waals surface area contributed by atoms with E-state index in [4.69, 9.17) is 10.2 Å². The van der Waals surface area contributed by atoms with Crippen LogP contribution in [0.25, 0.3) is 0 Å². The van der Waals surface area contributed by atoms with E-state index in [-0.39, 0.29) is 0 Å². The lowest BCUT2D eigenvalue weighted by Crippen LogP contribution is -2.11. The summed E-state index contributed by atoms with van der Waals surface area (Å²) < 4.78 is 5.19. The lowest BCUT2D eigenvalue weighted by atomic mass is 10.3. The van der Waals surface area contributed by atoms with E-state index in [0.29, 0.717) is 11.6 Å². The summed E-state index contributed by atoms with van der Waals surface area (Å²) in [5, 5.41) is 8.33. The molecule has 5 heteroatoms. The van der Waals surface area contributed by atoms with Crippen LogP contribution in [0.15, 0.2) is 92.6 Å². The Morgan fingerprint density at radius 1 is 0.727 bits per heavy atom. The Bertz CT molecular complexity index is 775. The number of rotatable bonds is 4. The molecule has 22 heavy (non-hydrogen) atoms. The first-order valence-electron chi connectivity index (χ1n) is 6.76. The summed E-state index contributed by atoms with van der Waals surface area (Å²) >= 11 is 0. The molecule has 0 aliphatic rings. The van der Waals surface area contributed by atoms with Crippen LogP contribution < -0.4 is 5.73 Å². The fraction of sp³-hybridized carbons (Fsp3) is 0. The van der Waals surface area contributed by atoms with Crippen LogP contribution in [0, 0.1) is 0 Å². The van der Waals surface area contributed by atoms with Crippen molar-refractivity contribution in [3.05, 3.63) is 78.8 Å². The predicted molar refractivity (Wildman–Crippen MR) is 86.2 cm³/mol. The topological polar surface area (TPSA) is 76.2 Å². The molecule has 3 rings (SSSR count). The Morgan fingerprint density at radius 2 is 1.36 bits per heavy atom. The van der Waals surface area contributed by atoms with Gasteiger partial charge in [-0.15, -0.1) is 0 Å². The highest BCUT2D eigenvalue weighted by Gasteiger charge is 2.01. The molecule has 0 spiro atoms. The van der Waals surface area contributed by atoms with Gasteiger partial charge in [-0.05, 0) is 48.5 Å². The third-order valence-electron chi connectivity index (χ3n) is 2.91. The first-order valence-corrected chi connectivity index (χ1v) is 6.76. The zero-order valence-corrected chi connectivity index (χ0v) is 11.8. The highest BCUT2D eigenvalue weighted by Crippen LogP contribution is 2.21. The zero-order chi connectivity index (χ0) is 15.2. The number of amidine groups is 1. The molecule has 0 saturated heterocycles. The van der Waals surface area contributed by atoms with Crippen molar-refractivity contribution >= 4 is 22.9 Å². The lowest BCUT2D eigenvalue weighted by molar-refractivity contribution is 0.557. The molecule has 0 aliphatic carbocycles. The van der Waals surface area contributed by atoms with Crippen LogP contribution in [-0.2, 0) is 0 Å². The van der Waals surface area contributed by atoms with E-state index in [0.717, 1.165) is 17.1 Å². The largest absolute Gasteiger partial charge is 0.461 e. The van der Waals surface area contributed by atoms with Crippen molar-refractivity contribution in [2.24, 2.45) is 21.0 Å². The Kier molecular flexibility index (Phi) is 4.06. The number of benzene rings is 2. The standard InChI is InChI=1S/C17H14N4O/c18-17(16-7-4-12-22-16)19-13-8-10-15(11-9-13)21-20-14-5-2-1-3-6-14/h1-12H,(H2,18,19). The van der Waals surface area contributed by atoms with Gasteiger partial charge in [0, 0.05) is 0 Å². The second-order valence-corrected chi connectivity index (χ2v) is 4.53. The summed E-state index contributed by atoms with van der Waals surface area (Å²) in [4.78, 5) is 4.29. The molecule has 3 aromatic rings. The number of furan rings is 1. The van der Waals surface area contributed by atoms with Crippen LogP contribution in [0.1, 0.15) is 5.76 Å². The Morgan fingerprint density at radius 3 is 2.00 bits per heavy atom. The monoisotopic (exact) mass is 290 g/mol. The molecule has 0 fully saturated rings. The molecule has 0 bridgehead atoms. The molecule has 1 heterocycles. The van der Waals surface area contributed by atoms with Crippen LogP contribution in [0.5, 0.6) is 0 Å². The maximum Gasteiger partial charge on any atom is 0.168 e. The highest BCUT2D eigenvalue weighted by atomic mass is 16.3. The van der Waals surface area contributed by atoms with Crippen molar-refractivity contribution in [3.8, 4) is 0 Å². The van der Waals surface area contributed by atoms with Gasteiger partial charge in [0.25, 0.3) is 0 Å². The molecule has 0 aliphatic heterocycles. The minimum absolute atomic E-state index is 0.337. The number of nitrogens with zero attached hydrogens (tertiary/aromatic N) is 3. The van der Waals surface area contributed by atoms with Gasteiger partial charge in [-0.1, -0.05) is 18.2 Å². The van der Waals surface area contributed by atoms with Crippen LogP contribution >= 0.6 is 0 Å². The first kappa shape index (κ1) is 13.8. The SMILES string of the molecule is NC(=Nc1ccc(N=Nc2ccccc2)cc1)c1ccco1. The van der Waals surface area contributed by atoms with Gasteiger partial charge in [-0.25, -0.2) is 4.99 Å². The molecule has 108 valence electrons. The molecular weight excluding hydrogens is 276 g/mol. The number of aliphatic imine (C=N–C) groups is 1. The number of nitrogens with two attached hydrogens (primary N) is 1. The Labute approximate surface area is 127 Å². The van der Waals surface area contributed by atoms with Crippen molar-refractivity contribution in [1.29, 1.82) is 0 Å². The van der Waals surface area contributed by atoms with Crippen molar-refractivity contribution in [2.45, 2.75) is 0 Å². The van der Waals surface area contributed by atoms with Gasteiger partial charge in [0.1, 0.15) is 0 Å². The molecule has 2 aromatic carbocycles. The van der Waals surface area contributed by atoms with E-state index < -0.39 is 0 Å². The van der Waals surface area contributed by atoms with Crippen LogP contribution in [0.4, 0.5) is 17.1 Å². The quantitative estimate of drug-likeness (QED) is 0.428. The fourth-order valence-corrected chi connectivity index (χ4v) is 1.82. The average molecular weight is 290 g/mol. The molecule has 0 unspecified atom stereocenters. The van der Waals surface area contributed by atoms with Gasteiger partial charge in [-0.3, -0.25) is 0 Å². The van der Waals surface area contributed by atoms with Crippen LogP contribution in [0.3, 0.4) is 0 Å². The van der Waals surface area contributed by atoms with E-state index in [2.05, 4.69) is 15.2 Å². The van der Waals surface area contributed by atoms with Gasteiger partial charge in [0.05, 0.1) is 23.3 Å². The molecular formula is C17H14N4O. The normalized spacial score (nSPS) is 11.9. The second kappa shape index (κ2) is 6.49. The summed E-state index contributed by atoms with van der Waals surface area (Å²) in [6, 6.07) is 20.4. The summed E-state index contributed by atoms with van der Waals surface area (Å²) in [5.41, 5.74) is 8.15. The summed E-state index contributed by atoms with van der Waals surface area (Å²) in [6.45, 7) is 0. The smallest absolute Gasteiger partial charge is 0.168 e. The molecule has 0 radical (unpaired) electrons. The third kappa shape index (κ3) is 3.46. The van der Waals surface area contributed by atoms with Crippen LogP contribution in [0.2, 0.25) is 0 Å². The van der Waals surface area contributed by atoms with Crippen molar-refractivity contribution in [3.63, 3.8) is 0 Å². The second-order valence-electron chi connectivity index (χ2n) is 4.53. The number of hydrogen-bond acceptors (Lipinski definition) is 4. The predicted octanol–water partition coefficient (Wildman–Crippen LogP) is 4.73. The van der Waals surface area contributed by atoms with Crippen molar-refractivity contribution < 1.29 is 4.42 Å². The highest BCUT2D eigenvalue weighted by molar-refractivity contribution is 5.96. The van der Waals surface area contributed by atoms with Crippen molar-refractivity contribution in [2.75, 3.05) is 0 Å². The zero-order valence-electron chi connectivity index (χ0n) is 11.8. The summed E-state index contributed by atoms with van der Waals surface area (Å²) in [7, 11) is 0. The summed E-state index contributed by atoms with van der Waals surface area (Å²) in [6.07, 6.45) is 1.56. The molecule has 5 nitrogen and oxygen atoms in total. The molecule has 0 saturated carbocycles. The van der Waals surface area contributed by atoms with E-state index in [1.54, 1.807) is 18.4 Å². The lowest BCUT2D eigenvalue weighted by Gasteiger charge is -1.98. The Hall–Kier alpha value is -3.21. The Balaban J connectivity index is 1.73. The minimum atomic E-state index is 0.337. The average Bonchev–Trinajstić information content (AvgIpc) is 3.10. The van der Waals surface area contributed by atoms with Crippen LogP contribution in [-0.4, -0.2) is 5.84 Å². The van der Waals surface area contributed by atoms with Gasteiger partial charge >= 0.3 is 0 Å². The maximum absolute atomic E-state index is 5.86. The van der Waals surface area contributed by atoms with E-state index >= 15 is 0 Å². The third-order valence-corrected chi connectivity index (χ3v) is 2.91. The van der Waals surface area contributed by atoms with Crippen molar-refractivity contribution in [1.82, 2.24) is 0 Å². The van der Waals surface area contributed by atoms with Gasteiger partial charge in [-0.2, -0.15) is 10.2 Å². The van der Waals surface area contributed by atoms with Gasteiger partial charge in [0.15, 0.2) is 11.6 Å².